The van der Waals surface area contributed by atoms with Crippen LogP contribution in [0.25, 0.3) is 0 Å². The van der Waals surface area contributed by atoms with Crippen molar-refractivity contribution in [1.82, 2.24) is 0 Å². The first-order valence-corrected chi connectivity index (χ1v) is 6.09. The highest BCUT2D eigenvalue weighted by Gasteiger charge is 2.17. The van der Waals surface area contributed by atoms with E-state index >= 15 is 0 Å². The number of nitriles is 1. The van der Waals surface area contributed by atoms with Gasteiger partial charge in [0, 0.05) is 11.4 Å². The molecule has 1 atom stereocenters. The van der Waals surface area contributed by atoms with Gasteiger partial charge in [0.25, 0.3) is 6.43 Å². The summed E-state index contributed by atoms with van der Waals surface area (Å²) in [5, 5.41) is 20.6. The molecule has 6 heteroatoms. The second kappa shape index (κ2) is 6.42. The van der Waals surface area contributed by atoms with Crippen molar-refractivity contribution < 1.29 is 13.9 Å². The molecule has 0 saturated heterocycles. The van der Waals surface area contributed by atoms with Crippen LogP contribution in [0, 0.1) is 11.3 Å². The molecular formula is C11H12F2N2OS. The summed E-state index contributed by atoms with van der Waals surface area (Å²) >= 11 is 1.40. The van der Waals surface area contributed by atoms with Gasteiger partial charge in [0.2, 0.25) is 0 Å². The van der Waals surface area contributed by atoms with Gasteiger partial charge >= 0.3 is 0 Å². The van der Waals surface area contributed by atoms with Crippen molar-refractivity contribution in [2.24, 2.45) is 0 Å². The Bertz CT molecular complexity index is 420. The predicted octanol–water partition coefficient (Wildman–Crippen LogP) is 2.32. The number of nitrogens with zero attached hydrogens (tertiary/aromatic N) is 1. The molecule has 2 N–H and O–H groups in total. The van der Waals surface area contributed by atoms with Crippen LogP contribution in [0.2, 0.25) is 0 Å². The van der Waals surface area contributed by atoms with Crippen LogP contribution < -0.4 is 5.32 Å². The Morgan fingerprint density at radius 2 is 2.24 bits per heavy atom. The molecule has 92 valence electrons. The molecule has 0 fully saturated rings. The van der Waals surface area contributed by atoms with E-state index in [1.54, 1.807) is 18.2 Å². The van der Waals surface area contributed by atoms with E-state index < -0.39 is 12.5 Å². The van der Waals surface area contributed by atoms with Gasteiger partial charge in [-0.2, -0.15) is 5.26 Å². The molecule has 0 aliphatic heterocycles. The van der Waals surface area contributed by atoms with Gasteiger partial charge < -0.3 is 10.4 Å². The van der Waals surface area contributed by atoms with Gasteiger partial charge in [0.1, 0.15) is 12.2 Å². The summed E-state index contributed by atoms with van der Waals surface area (Å²) in [7, 11) is 0. The van der Waals surface area contributed by atoms with Crippen LogP contribution in [-0.4, -0.2) is 30.4 Å². The fourth-order valence-electron chi connectivity index (χ4n) is 1.27. The fraction of sp³-hybridized carbons (Fsp3) is 0.364. The highest BCUT2D eigenvalue weighted by Crippen LogP contribution is 2.26. The summed E-state index contributed by atoms with van der Waals surface area (Å²) in [6.07, 6.45) is -2.70. The average Bonchev–Trinajstić information content (AvgIpc) is 2.34. The number of hydrogen-bond acceptors (Lipinski definition) is 4. The number of benzene rings is 1. The third-order valence-corrected chi connectivity index (χ3v) is 2.93. The van der Waals surface area contributed by atoms with E-state index in [1.165, 1.54) is 11.8 Å². The number of alkyl halides is 2. The van der Waals surface area contributed by atoms with Gasteiger partial charge in [-0.15, -0.1) is 11.8 Å². The zero-order valence-electron chi connectivity index (χ0n) is 9.15. The van der Waals surface area contributed by atoms with Gasteiger partial charge in [0.15, 0.2) is 0 Å². The van der Waals surface area contributed by atoms with E-state index in [-0.39, 0.29) is 6.54 Å². The van der Waals surface area contributed by atoms with Crippen LogP contribution >= 0.6 is 11.8 Å². The number of aliphatic hydroxyl groups excluding tert-OH is 1. The highest BCUT2D eigenvalue weighted by atomic mass is 32.2. The molecule has 1 aromatic carbocycles. The van der Waals surface area contributed by atoms with Gasteiger partial charge in [-0.3, -0.25) is 0 Å². The van der Waals surface area contributed by atoms with E-state index in [0.717, 1.165) is 4.90 Å². The number of rotatable bonds is 5. The van der Waals surface area contributed by atoms with Crippen molar-refractivity contribution in [3.05, 3.63) is 23.8 Å². The van der Waals surface area contributed by atoms with E-state index in [0.29, 0.717) is 11.3 Å². The Hall–Kier alpha value is -1.32. The maximum Gasteiger partial charge on any atom is 0.265 e. The molecule has 0 aliphatic carbocycles. The highest BCUT2D eigenvalue weighted by molar-refractivity contribution is 7.98. The SMILES string of the molecule is CSc1cccc(NCC(O)C(F)F)c1C#N. The van der Waals surface area contributed by atoms with Crippen LogP contribution in [0.15, 0.2) is 23.1 Å². The van der Waals surface area contributed by atoms with Gasteiger partial charge in [-0.25, -0.2) is 8.78 Å². The lowest BCUT2D eigenvalue weighted by atomic mass is 10.2. The molecule has 1 unspecified atom stereocenters. The standard InChI is InChI=1S/C11H12F2N2OS/c1-17-10-4-2-3-8(7(10)5-14)15-6-9(16)11(12)13/h2-4,9,11,15-16H,6H2,1H3. The number of thioether (sulfide) groups is 1. The molecule has 1 aromatic rings. The summed E-state index contributed by atoms with van der Waals surface area (Å²) in [6, 6.07) is 7.14. The Kier molecular flexibility index (Phi) is 5.19. The molecule has 0 aliphatic rings. The Morgan fingerprint density at radius 3 is 2.76 bits per heavy atom. The number of hydrogen-bond donors (Lipinski definition) is 2. The number of anilines is 1. The van der Waals surface area contributed by atoms with Crippen molar-refractivity contribution in [2.75, 3.05) is 18.1 Å². The first-order chi connectivity index (χ1) is 8.10. The minimum absolute atomic E-state index is 0.288. The molecule has 3 nitrogen and oxygen atoms in total. The third kappa shape index (κ3) is 3.58. The van der Waals surface area contributed by atoms with Crippen molar-refractivity contribution in [2.45, 2.75) is 17.4 Å². The molecule has 0 bridgehead atoms. The smallest absolute Gasteiger partial charge is 0.265 e. The van der Waals surface area contributed by atoms with Crippen LogP contribution in [0.3, 0.4) is 0 Å². The zero-order chi connectivity index (χ0) is 12.8. The Balaban J connectivity index is 2.81. The lowest BCUT2D eigenvalue weighted by Gasteiger charge is -2.13. The Morgan fingerprint density at radius 1 is 1.53 bits per heavy atom. The number of aliphatic hydroxyl groups is 1. The molecule has 17 heavy (non-hydrogen) atoms. The quantitative estimate of drug-likeness (QED) is 0.796. The maximum atomic E-state index is 12.1. The second-order valence-electron chi connectivity index (χ2n) is 3.28. The van der Waals surface area contributed by atoms with Gasteiger partial charge in [-0.1, -0.05) is 6.07 Å². The van der Waals surface area contributed by atoms with E-state index in [9.17, 15) is 8.78 Å². The van der Waals surface area contributed by atoms with Crippen molar-refractivity contribution in [1.29, 1.82) is 5.26 Å². The van der Waals surface area contributed by atoms with Crippen LogP contribution in [0.1, 0.15) is 5.56 Å². The maximum absolute atomic E-state index is 12.1. The van der Waals surface area contributed by atoms with Gasteiger partial charge in [-0.05, 0) is 18.4 Å². The molecule has 1 rings (SSSR count). The van der Waals surface area contributed by atoms with E-state index in [4.69, 9.17) is 10.4 Å². The van der Waals surface area contributed by atoms with Crippen LogP contribution in [0.4, 0.5) is 14.5 Å². The topological polar surface area (TPSA) is 56.0 Å². The van der Waals surface area contributed by atoms with Crippen molar-refractivity contribution >= 4 is 17.4 Å². The Labute approximate surface area is 102 Å². The number of nitrogens with one attached hydrogen (secondary N) is 1. The van der Waals surface area contributed by atoms with Crippen LogP contribution in [-0.2, 0) is 0 Å². The minimum atomic E-state index is -2.79. The third-order valence-electron chi connectivity index (χ3n) is 2.15. The summed E-state index contributed by atoms with van der Waals surface area (Å²) in [6.45, 7) is -0.288. The summed E-state index contributed by atoms with van der Waals surface area (Å²) in [5.74, 6) is 0. The summed E-state index contributed by atoms with van der Waals surface area (Å²) < 4.78 is 24.2. The van der Waals surface area contributed by atoms with E-state index in [1.807, 2.05) is 12.3 Å². The number of halogens is 2. The summed E-state index contributed by atoms with van der Waals surface area (Å²) in [4.78, 5) is 0.768. The van der Waals surface area contributed by atoms with E-state index in [2.05, 4.69) is 5.32 Å². The second-order valence-corrected chi connectivity index (χ2v) is 4.13. The molecule has 0 heterocycles. The largest absolute Gasteiger partial charge is 0.385 e. The van der Waals surface area contributed by atoms with Crippen molar-refractivity contribution in [3.8, 4) is 6.07 Å². The minimum Gasteiger partial charge on any atom is -0.385 e. The lowest BCUT2D eigenvalue weighted by Crippen LogP contribution is -2.27. The average molecular weight is 258 g/mol. The first-order valence-electron chi connectivity index (χ1n) is 4.87. The molecule has 0 radical (unpaired) electrons. The molecular weight excluding hydrogens is 246 g/mol. The van der Waals surface area contributed by atoms with Gasteiger partial charge in [0.05, 0.1) is 11.3 Å². The van der Waals surface area contributed by atoms with Crippen LogP contribution in [0.5, 0.6) is 0 Å². The monoisotopic (exact) mass is 258 g/mol. The lowest BCUT2D eigenvalue weighted by molar-refractivity contribution is 0.00384. The molecule has 0 amide bonds. The predicted molar refractivity (Wildman–Crippen MR) is 63.4 cm³/mol. The summed E-state index contributed by atoms with van der Waals surface area (Å²) in [5.41, 5.74) is 0.862. The van der Waals surface area contributed by atoms with Crippen molar-refractivity contribution in [3.63, 3.8) is 0 Å². The molecule has 0 spiro atoms. The molecule has 0 aromatic heterocycles. The fourth-order valence-corrected chi connectivity index (χ4v) is 1.84. The molecule has 0 saturated carbocycles. The normalized spacial score (nSPS) is 12.2. The first kappa shape index (κ1) is 13.7. The zero-order valence-corrected chi connectivity index (χ0v) is 9.97.